The lowest BCUT2D eigenvalue weighted by molar-refractivity contribution is 0.0977. The zero-order valence-electron chi connectivity index (χ0n) is 12.5. The lowest BCUT2D eigenvalue weighted by Gasteiger charge is -2.22. The van der Waals surface area contributed by atoms with Gasteiger partial charge in [0.1, 0.15) is 18.2 Å². The first-order chi connectivity index (χ1) is 10.5. The molecule has 0 radical (unpaired) electrons. The van der Waals surface area contributed by atoms with Crippen molar-refractivity contribution in [3.63, 3.8) is 0 Å². The summed E-state index contributed by atoms with van der Waals surface area (Å²) in [6, 6.07) is 4.42. The van der Waals surface area contributed by atoms with Crippen molar-refractivity contribution in [1.29, 1.82) is 0 Å². The number of ether oxygens (including phenoxy) is 1. The van der Waals surface area contributed by atoms with Crippen LogP contribution in [-0.4, -0.2) is 33.8 Å². The fraction of sp³-hybridized carbons (Fsp3) is 0.400. The Hall–Kier alpha value is -2.44. The molecule has 0 N–H and O–H groups in total. The Morgan fingerprint density at radius 2 is 2.32 bits per heavy atom. The predicted octanol–water partition coefficient (Wildman–Crippen LogP) is 2.11. The Bertz CT molecular complexity index is 660. The number of halogens is 1. The van der Waals surface area contributed by atoms with Crippen molar-refractivity contribution in [3.05, 3.63) is 35.9 Å². The minimum absolute atomic E-state index is 0.238. The van der Waals surface area contributed by atoms with Crippen LogP contribution >= 0.6 is 0 Å². The summed E-state index contributed by atoms with van der Waals surface area (Å²) in [6.45, 7) is 5.69. The number of anilines is 1. The number of rotatable bonds is 4. The molecule has 2 aromatic rings. The van der Waals surface area contributed by atoms with Gasteiger partial charge in [0.25, 0.3) is 5.91 Å². The van der Waals surface area contributed by atoms with Crippen molar-refractivity contribution in [3.8, 4) is 5.88 Å². The molecule has 6 nitrogen and oxygen atoms in total. The molecule has 0 aliphatic carbocycles. The third-order valence-corrected chi connectivity index (χ3v) is 3.30. The molecule has 0 saturated carbocycles. The molecule has 7 heteroatoms. The normalized spacial score (nSPS) is 13.1. The number of pyridine rings is 1. The Balaban J connectivity index is 1.90. The molecular weight excluding hydrogens is 287 g/mol. The van der Waals surface area contributed by atoms with Crippen LogP contribution in [0.1, 0.15) is 24.3 Å². The lowest BCUT2D eigenvalue weighted by Crippen LogP contribution is -2.35. The second kappa shape index (κ2) is 5.75. The van der Waals surface area contributed by atoms with Crippen molar-refractivity contribution < 1.29 is 13.9 Å². The third kappa shape index (κ3) is 2.79. The summed E-state index contributed by atoms with van der Waals surface area (Å²) < 4.78 is 20.1. The molecule has 0 bridgehead atoms. The van der Waals surface area contributed by atoms with Gasteiger partial charge in [0.2, 0.25) is 5.88 Å². The predicted molar refractivity (Wildman–Crippen MR) is 78.4 cm³/mol. The Kier molecular flexibility index (Phi) is 3.79. The van der Waals surface area contributed by atoms with Crippen molar-refractivity contribution in [2.24, 2.45) is 5.92 Å². The molecule has 0 spiro atoms. The molecule has 116 valence electrons. The van der Waals surface area contributed by atoms with E-state index in [0.717, 1.165) is 6.20 Å². The number of hydrogen-bond donors (Lipinski definition) is 0. The van der Waals surface area contributed by atoms with Crippen LogP contribution in [0.4, 0.5) is 10.2 Å². The van der Waals surface area contributed by atoms with Gasteiger partial charge in [-0.1, -0.05) is 13.8 Å². The van der Waals surface area contributed by atoms with E-state index in [1.54, 1.807) is 10.7 Å². The minimum atomic E-state index is -0.435. The van der Waals surface area contributed by atoms with Gasteiger partial charge in [0, 0.05) is 12.6 Å². The van der Waals surface area contributed by atoms with Gasteiger partial charge in [-0.3, -0.25) is 9.69 Å². The van der Waals surface area contributed by atoms with Crippen LogP contribution in [0.3, 0.4) is 0 Å². The third-order valence-electron chi connectivity index (χ3n) is 3.30. The van der Waals surface area contributed by atoms with E-state index in [1.807, 2.05) is 13.8 Å². The highest BCUT2D eigenvalue weighted by Crippen LogP contribution is 2.22. The van der Waals surface area contributed by atoms with Gasteiger partial charge in [0.15, 0.2) is 5.69 Å². The van der Waals surface area contributed by atoms with Crippen LogP contribution in [0.2, 0.25) is 0 Å². The number of carbonyl (C=O) groups is 1. The van der Waals surface area contributed by atoms with E-state index in [-0.39, 0.29) is 11.8 Å². The monoisotopic (exact) mass is 304 g/mol. The first-order valence-corrected chi connectivity index (χ1v) is 7.18. The smallest absolute Gasteiger partial charge is 0.280 e. The molecule has 3 heterocycles. The average molecular weight is 304 g/mol. The van der Waals surface area contributed by atoms with Crippen LogP contribution in [0.5, 0.6) is 5.88 Å². The van der Waals surface area contributed by atoms with Gasteiger partial charge in [0.05, 0.1) is 12.7 Å². The molecule has 2 aromatic heterocycles. The maximum absolute atomic E-state index is 13.0. The average Bonchev–Trinajstić information content (AvgIpc) is 3.06. The fourth-order valence-corrected chi connectivity index (χ4v) is 2.33. The lowest BCUT2D eigenvalue weighted by atomic mass is 10.2. The van der Waals surface area contributed by atoms with Crippen LogP contribution in [-0.2, 0) is 6.54 Å². The van der Waals surface area contributed by atoms with E-state index in [9.17, 15) is 9.18 Å². The number of fused-ring (bicyclic) bond motifs is 1. The molecule has 0 saturated heterocycles. The largest absolute Gasteiger partial charge is 0.476 e. The summed E-state index contributed by atoms with van der Waals surface area (Å²) in [5, 5.41) is 4.26. The van der Waals surface area contributed by atoms with E-state index < -0.39 is 5.82 Å². The van der Waals surface area contributed by atoms with Crippen molar-refractivity contribution in [2.75, 3.05) is 18.1 Å². The van der Waals surface area contributed by atoms with Crippen LogP contribution in [0.15, 0.2) is 24.4 Å². The first-order valence-electron chi connectivity index (χ1n) is 7.18. The van der Waals surface area contributed by atoms with Crippen LogP contribution in [0.25, 0.3) is 0 Å². The van der Waals surface area contributed by atoms with Crippen LogP contribution in [0, 0.1) is 11.7 Å². The zero-order valence-corrected chi connectivity index (χ0v) is 12.5. The van der Waals surface area contributed by atoms with E-state index >= 15 is 0 Å². The van der Waals surface area contributed by atoms with E-state index in [2.05, 4.69) is 10.1 Å². The van der Waals surface area contributed by atoms with Gasteiger partial charge in [-0.15, -0.1) is 0 Å². The maximum Gasteiger partial charge on any atom is 0.280 e. The van der Waals surface area contributed by atoms with Crippen molar-refractivity contribution >= 4 is 11.7 Å². The van der Waals surface area contributed by atoms with E-state index in [0.29, 0.717) is 37.1 Å². The van der Waals surface area contributed by atoms with Crippen molar-refractivity contribution in [2.45, 2.75) is 20.4 Å². The number of nitrogens with zero attached hydrogens (tertiary/aromatic N) is 4. The first kappa shape index (κ1) is 14.5. The van der Waals surface area contributed by atoms with Crippen molar-refractivity contribution in [1.82, 2.24) is 14.8 Å². The SMILES string of the molecule is CC(C)CN(C(=O)c1cc2n(n1)CCO2)c1ccc(F)cn1. The summed E-state index contributed by atoms with van der Waals surface area (Å²) >= 11 is 0. The van der Waals surface area contributed by atoms with Gasteiger partial charge in [-0.25, -0.2) is 14.1 Å². The Morgan fingerprint density at radius 1 is 1.50 bits per heavy atom. The van der Waals surface area contributed by atoms with E-state index in [4.69, 9.17) is 4.74 Å². The zero-order chi connectivity index (χ0) is 15.7. The van der Waals surface area contributed by atoms with E-state index in [1.165, 1.54) is 17.0 Å². The van der Waals surface area contributed by atoms with Crippen LogP contribution < -0.4 is 9.64 Å². The molecule has 22 heavy (non-hydrogen) atoms. The molecule has 0 aromatic carbocycles. The molecule has 3 rings (SSSR count). The maximum atomic E-state index is 13.0. The molecular formula is C15H17FN4O2. The standard InChI is InChI=1S/C15H17FN4O2/c1-10(2)9-19(13-4-3-11(16)8-17-13)15(21)12-7-14-20(18-12)5-6-22-14/h3-4,7-8,10H,5-6,9H2,1-2H3. The quantitative estimate of drug-likeness (QED) is 0.868. The highest BCUT2D eigenvalue weighted by molar-refractivity contribution is 6.04. The molecule has 0 atom stereocenters. The summed E-state index contributed by atoms with van der Waals surface area (Å²) in [4.78, 5) is 18.3. The van der Waals surface area contributed by atoms with Gasteiger partial charge in [-0.05, 0) is 18.1 Å². The molecule has 0 fully saturated rings. The minimum Gasteiger partial charge on any atom is -0.476 e. The highest BCUT2D eigenvalue weighted by Gasteiger charge is 2.25. The topological polar surface area (TPSA) is 60.2 Å². The summed E-state index contributed by atoms with van der Waals surface area (Å²) in [5.74, 6) is 0.545. The van der Waals surface area contributed by atoms with Gasteiger partial charge in [-0.2, -0.15) is 5.10 Å². The fourth-order valence-electron chi connectivity index (χ4n) is 2.33. The Labute approximate surface area is 127 Å². The molecule has 0 unspecified atom stereocenters. The number of carbonyl (C=O) groups excluding carboxylic acids is 1. The molecule has 1 amide bonds. The second-order valence-corrected chi connectivity index (χ2v) is 5.58. The number of amides is 1. The second-order valence-electron chi connectivity index (χ2n) is 5.58. The summed E-state index contributed by atoms with van der Waals surface area (Å²) in [7, 11) is 0. The Morgan fingerprint density at radius 3 is 2.95 bits per heavy atom. The molecule has 1 aliphatic rings. The van der Waals surface area contributed by atoms with Gasteiger partial charge >= 0.3 is 0 Å². The highest BCUT2D eigenvalue weighted by atomic mass is 19.1. The summed E-state index contributed by atoms with van der Waals surface area (Å²) in [6.07, 6.45) is 1.10. The number of aromatic nitrogens is 3. The van der Waals surface area contributed by atoms with Gasteiger partial charge < -0.3 is 4.74 Å². The summed E-state index contributed by atoms with van der Waals surface area (Å²) in [5.41, 5.74) is 0.307. The number of hydrogen-bond acceptors (Lipinski definition) is 4. The molecule has 1 aliphatic heterocycles.